The number of piperazine rings is 1. The van der Waals surface area contributed by atoms with E-state index in [9.17, 15) is 9.59 Å². The molecular weight excluding hydrogens is 180 g/mol. The van der Waals surface area contributed by atoms with Gasteiger partial charge in [-0.15, -0.1) is 0 Å². The van der Waals surface area contributed by atoms with Crippen molar-refractivity contribution in [2.75, 3.05) is 6.54 Å². The molecule has 2 amide bonds. The number of hydrogen-bond donors (Lipinski definition) is 2. The van der Waals surface area contributed by atoms with Crippen LogP contribution in [0, 0.1) is 11.8 Å². The Hall–Kier alpha value is -0.900. The van der Waals surface area contributed by atoms with Crippen LogP contribution in [0.15, 0.2) is 0 Å². The predicted molar refractivity (Wildman–Crippen MR) is 49.3 cm³/mol. The van der Waals surface area contributed by atoms with Crippen LogP contribution in [0.3, 0.4) is 0 Å². The van der Waals surface area contributed by atoms with E-state index in [2.05, 4.69) is 10.6 Å². The normalized spacial score (nSPS) is 46.0. The first-order valence-electron chi connectivity index (χ1n) is 5.30. The average molecular weight is 194 g/mol. The molecule has 2 bridgehead atoms. The summed E-state index contributed by atoms with van der Waals surface area (Å²) in [4.78, 5) is 22.8. The molecule has 1 aliphatic heterocycles. The number of hydrogen-bond acceptors (Lipinski definition) is 3. The number of carbonyl (C=O) groups excluding carboxylic acids is 2. The number of carbonyl (C=O) groups is 2. The summed E-state index contributed by atoms with van der Waals surface area (Å²) in [7, 11) is 0. The molecule has 14 heavy (non-hydrogen) atoms. The summed E-state index contributed by atoms with van der Waals surface area (Å²) in [6, 6.07) is 0. The molecule has 3 rings (SSSR count). The maximum Gasteiger partial charge on any atom is 0.247 e. The molecule has 3 unspecified atom stereocenters. The first-order chi connectivity index (χ1) is 6.71. The smallest absolute Gasteiger partial charge is 0.247 e. The molecular formula is C10H14N2O2. The van der Waals surface area contributed by atoms with Crippen LogP contribution in [0.25, 0.3) is 0 Å². The van der Waals surface area contributed by atoms with Gasteiger partial charge < -0.3 is 0 Å². The van der Waals surface area contributed by atoms with E-state index < -0.39 is 5.54 Å². The summed E-state index contributed by atoms with van der Waals surface area (Å²) in [6.45, 7) is 0.301. The SMILES string of the molecule is O=C1CNC2(CC3CCC2C3)C(=O)N1. The number of nitrogens with one attached hydrogen (secondary N) is 2. The monoisotopic (exact) mass is 194 g/mol. The number of imide groups is 1. The Balaban J connectivity index is 1.90. The van der Waals surface area contributed by atoms with Gasteiger partial charge in [0.1, 0.15) is 5.54 Å². The fraction of sp³-hybridized carbons (Fsp3) is 0.800. The van der Waals surface area contributed by atoms with Crippen molar-refractivity contribution in [3.8, 4) is 0 Å². The molecule has 3 fully saturated rings. The molecule has 1 heterocycles. The Labute approximate surface area is 82.4 Å². The molecule has 2 saturated carbocycles. The Morgan fingerprint density at radius 3 is 2.71 bits per heavy atom. The second-order valence-corrected chi connectivity index (χ2v) is 4.78. The van der Waals surface area contributed by atoms with Gasteiger partial charge in [-0.2, -0.15) is 0 Å². The van der Waals surface area contributed by atoms with Gasteiger partial charge >= 0.3 is 0 Å². The van der Waals surface area contributed by atoms with Gasteiger partial charge in [-0.3, -0.25) is 20.2 Å². The third kappa shape index (κ3) is 0.919. The Morgan fingerprint density at radius 2 is 2.14 bits per heavy atom. The Bertz CT molecular complexity index is 315. The fourth-order valence-electron chi connectivity index (χ4n) is 3.43. The van der Waals surface area contributed by atoms with Crippen molar-refractivity contribution in [2.24, 2.45) is 11.8 Å². The summed E-state index contributed by atoms with van der Waals surface area (Å²) in [6.07, 6.45) is 4.49. The van der Waals surface area contributed by atoms with Gasteiger partial charge in [0, 0.05) is 0 Å². The molecule has 0 radical (unpaired) electrons. The van der Waals surface area contributed by atoms with Crippen LogP contribution in [-0.2, 0) is 9.59 Å². The third-order valence-electron chi connectivity index (χ3n) is 4.07. The van der Waals surface area contributed by atoms with E-state index in [1.54, 1.807) is 0 Å². The van der Waals surface area contributed by atoms with Gasteiger partial charge in [-0.1, -0.05) is 6.42 Å². The molecule has 3 aliphatic rings. The van der Waals surface area contributed by atoms with Crippen LogP contribution in [0.1, 0.15) is 25.7 Å². The summed E-state index contributed by atoms with van der Waals surface area (Å²) < 4.78 is 0. The van der Waals surface area contributed by atoms with Gasteiger partial charge in [0.2, 0.25) is 11.8 Å². The first-order valence-corrected chi connectivity index (χ1v) is 5.30. The minimum Gasteiger partial charge on any atom is -0.294 e. The minimum atomic E-state index is -0.392. The Morgan fingerprint density at radius 1 is 1.29 bits per heavy atom. The highest BCUT2D eigenvalue weighted by atomic mass is 16.2. The van der Waals surface area contributed by atoms with Crippen LogP contribution in [0.5, 0.6) is 0 Å². The summed E-state index contributed by atoms with van der Waals surface area (Å²) in [5, 5.41) is 5.62. The van der Waals surface area contributed by atoms with E-state index in [4.69, 9.17) is 0 Å². The standard InChI is InChI=1S/C10H14N2O2/c13-8-5-11-10(9(14)12-8)4-6-1-2-7(10)3-6/h6-7,11H,1-5H2,(H,12,13,14). The highest BCUT2D eigenvalue weighted by Gasteiger charge is 2.57. The zero-order valence-electron chi connectivity index (χ0n) is 8.01. The highest BCUT2D eigenvalue weighted by molar-refractivity contribution is 6.03. The quantitative estimate of drug-likeness (QED) is 0.525. The van der Waals surface area contributed by atoms with Gasteiger partial charge in [0.15, 0.2) is 0 Å². The van der Waals surface area contributed by atoms with Crippen molar-refractivity contribution in [3.05, 3.63) is 0 Å². The lowest BCUT2D eigenvalue weighted by Crippen LogP contribution is -2.67. The van der Waals surface area contributed by atoms with Gasteiger partial charge in [0.05, 0.1) is 6.54 Å². The maximum absolute atomic E-state index is 11.8. The summed E-state index contributed by atoms with van der Waals surface area (Å²) >= 11 is 0. The molecule has 1 spiro atoms. The van der Waals surface area contributed by atoms with Crippen molar-refractivity contribution >= 4 is 11.8 Å². The van der Waals surface area contributed by atoms with E-state index in [1.165, 1.54) is 6.42 Å². The van der Waals surface area contributed by atoms with E-state index in [0.29, 0.717) is 18.4 Å². The highest BCUT2D eigenvalue weighted by Crippen LogP contribution is 2.51. The topological polar surface area (TPSA) is 58.2 Å². The molecule has 4 nitrogen and oxygen atoms in total. The average Bonchev–Trinajstić information content (AvgIpc) is 2.72. The fourth-order valence-corrected chi connectivity index (χ4v) is 3.43. The number of fused-ring (bicyclic) bond motifs is 3. The van der Waals surface area contributed by atoms with Crippen LogP contribution in [0.4, 0.5) is 0 Å². The van der Waals surface area contributed by atoms with Crippen LogP contribution < -0.4 is 10.6 Å². The first kappa shape index (κ1) is 8.41. The molecule has 1 saturated heterocycles. The lowest BCUT2D eigenvalue weighted by Gasteiger charge is -2.39. The van der Waals surface area contributed by atoms with Crippen molar-refractivity contribution in [1.82, 2.24) is 10.6 Å². The predicted octanol–water partition coefficient (Wildman–Crippen LogP) is -0.209. The molecule has 3 atom stereocenters. The molecule has 76 valence electrons. The minimum absolute atomic E-state index is 0.0825. The largest absolute Gasteiger partial charge is 0.294 e. The van der Waals surface area contributed by atoms with Gasteiger partial charge in [-0.25, -0.2) is 0 Å². The Kier molecular flexibility index (Phi) is 1.54. The second kappa shape index (κ2) is 2.57. The van der Waals surface area contributed by atoms with Crippen molar-refractivity contribution in [1.29, 1.82) is 0 Å². The van der Waals surface area contributed by atoms with E-state index >= 15 is 0 Å². The molecule has 4 heteroatoms. The summed E-state index contributed by atoms with van der Waals surface area (Å²) in [5.74, 6) is 0.886. The van der Waals surface area contributed by atoms with Gasteiger partial charge in [0.25, 0.3) is 0 Å². The van der Waals surface area contributed by atoms with Crippen LogP contribution in [0.2, 0.25) is 0 Å². The van der Waals surface area contributed by atoms with Crippen molar-refractivity contribution in [3.63, 3.8) is 0 Å². The molecule has 2 aliphatic carbocycles. The molecule has 0 aromatic rings. The second-order valence-electron chi connectivity index (χ2n) is 4.78. The number of amides is 2. The van der Waals surface area contributed by atoms with E-state index in [-0.39, 0.29) is 11.8 Å². The van der Waals surface area contributed by atoms with Crippen molar-refractivity contribution in [2.45, 2.75) is 31.2 Å². The van der Waals surface area contributed by atoms with E-state index in [0.717, 1.165) is 19.3 Å². The maximum atomic E-state index is 11.8. The zero-order valence-corrected chi connectivity index (χ0v) is 8.01. The third-order valence-corrected chi connectivity index (χ3v) is 4.07. The zero-order chi connectivity index (χ0) is 9.76. The summed E-state index contributed by atoms with van der Waals surface area (Å²) in [5.41, 5.74) is -0.392. The lowest BCUT2D eigenvalue weighted by molar-refractivity contribution is -0.140. The molecule has 0 aromatic heterocycles. The van der Waals surface area contributed by atoms with Crippen LogP contribution >= 0.6 is 0 Å². The van der Waals surface area contributed by atoms with Crippen molar-refractivity contribution < 1.29 is 9.59 Å². The molecule has 0 aromatic carbocycles. The van der Waals surface area contributed by atoms with Gasteiger partial charge in [-0.05, 0) is 31.1 Å². The van der Waals surface area contributed by atoms with E-state index in [1.807, 2.05) is 0 Å². The lowest BCUT2D eigenvalue weighted by atomic mass is 9.79. The number of rotatable bonds is 0. The molecule has 2 N–H and O–H groups in total. The van der Waals surface area contributed by atoms with Crippen LogP contribution in [-0.4, -0.2) is 23.9 Å².